The minimum atomic E-state index is -1.17. The first-order valence-electron chi connectivity index (χ1n) is 5.97. The lowest BCUT2D eigenvalue weighted by atomic mass is 10.1. The number of aromatic nitrogens is 2. The fourth-order valence-corrected chi connectivity index (χ4v) is 2.65. The summed E-state index contributed by atoms with van der Waals surface area (Å²) < 4.78 is 7.01. The molecule has 1 fully saturated rings. The van der Waals surface area contributed by atoms with Crippen molar-refractivity contribution in [1.29, 1.82) is 0 Å². The highest BCUT2D eigenvalue weighted by molar-refractivity contribution is 6.42. The van der Waals surface area contributed by atoms with E-state index in [2.05, 4.69) is 4.98 Å². The van der Waals surface area contributed by atoms with Crippen LogP contribution in [0.25, 0.3) is 11.0 Å². The molecule has 2 heterocycles. The summed E-state index contributed by atoms with van der Waals surface area (Å²) in [6.45, 7) is -0.381. The number of benzene rings is 1. The van der Waals surface area contributed by atoms with E-state index in [1.807, 2.05) is 0 Å². The maximum Gasteiger partial charge on any atom is 0.164 e. The molecule has 0 bridgehead atoms. The van der Waals surface area contributed by atoms with Crippen molar-refractivity contribution in [3.05, 3.63) is 28.5 Å². The molecule has 20 heavy (non-hydrogen) atoms. The third-order valence-corrected chi connectivity index (χ3v) is 4.13. The van der Waals surface area contributed by atoms with Gasteiger partial charge in [-0.25, -0.2) is 4.98 Å². The number of aliphatic hydroxyl groups is 3. The Morgan fingerprint density at radius 1 is 1.20 bits per heavy atom. The molecule has 8 heteroatoms. The second kappa shape index (κ2) is 5.14. The van der Waals surface area contributed by atoms with Gasteiger partial charge >= 0.3 is 0 Å². The van der Waals surface area contributed by atoms with Crippen molar-refractivity contribution in [3.8, 4) is 0 Å². The summed E-state index contributed by atoms with van der Waals surface area (Å²) in [6.07, 6.45) is -2.54. The van der Waals surface area contributed by atoms with E-state index in [1.165, 1.54) is 6.33 Å². The van der Waals surface area contributed by atoms with Gasteiger partial charge in [-0.3, -0.25) is 0 Å². The second-order valence-corrected chi connectivity index (χ2v) is 5.45. The fraction of sp³-hybridized carbons (Fsp3) is 0.417. The third kappa shape index (κ3) is 2.09. The highest BCUT2D eigenvalue weighted by Crippen LogP contribution is 2.34. The topological polar surface area (TPSA) is 87.7 Å². The molecule has 0 radical (unpaired) electrons. The summed E-state index contributed by atoms with van der Waals surface area (Å²) in [5.74, 6) is 0. The van der Waals surface area contributed by atoms with Gasteiger partial charge in [-0.2, -0.15) is 0 Å². The van der Waals surface area contributed by atoms with Crippen LogP contribution in [0.1, 0.15) is 6.23 Å². The molecular weight excluding hydrogens is 307 g/mol. The van der Waals surface area contributed by atoms with Gasteiger partial charge in [0, 0.05) is 0 Å². The van der Waals surface area contributed by atoms with E-state index < -0.39 is 24.5 Å². The molecule has 0 amide bonds. The van der Waals surface area contributed by atoms with Crippen molar-refractivity contribution in [3.63, 3.8) is 0 Å². The van der Waals surface area contributed by atoms with Crippen molar-refractivity contribution in [2.45, 2.75) is 24.5 Å². The van der Waals surface area contributed by atoms with Crippen molar-refractivity contribution < 1.29 is 20.1 Å². The van der Waals surface area contributed by atoms with E-state index in [0.29, 0.717) is 21.1 Å². The molecule has 1 aromatic carbocycles. The molecular formula is C12H12Cl2N2O4. The molecule has 4 atom stereocenters. The van der Waals surface area contributed by atoms with Crippen molar-refractivity contribution in [1.82, 2.24) is 9.55 Å². The van der Waals surface area contributed by atoms with Crippen LogP contribution in [0.4, 0.5) is 0 Å². The molecule has 0 unspecified atom stereocenters. The highest BCUT2D eigenvalue weighted by Gasteiger charge is 2.43. The Hall–Kier alpha value is -0.890. The lowest BCUT2D eigenvalue weighted by Gasteiger charge is -2.17. The molecule has 1 aromatic heterocycles. The van der Waals surface area contributed by atoms with Gasteiger partial charge < -0.3 is 24.6 Å². The van der Waals surface area contributed by atoms with Crippen LogP contribution in [-0.4, -0.2) is 49.8 Å². The van der Waals surface area contributed by atoms with Crippen LogP contribution >= 0.6 is 23.2 Å². The first-order valence-corrected chi connectivity index (χ1v) is 6.72. The molecule has 108 valence electrons. The Labute approximate surface area is 124 Å². The fourth-order valence-electron chi connectivity index (χ4n) is 2.34. The summed E-state index contributed by atoms with van der Waals surface area (Å²) in [5.41, 5.74) is 1.21. The Morgan fingerprint density at radius 2 is 1.90 bits per heavy atom. The zero-order chi connectivity index (χ0) is 14.4. The van der Waals surface area contributed by atoms with Crippen LogP contribution in [0.15, 0.2) is 18.5 Å². The minimum absolute atomic E-state index is 0.354. The predicted octanol–water partition coefficient (Wildman–Crippen LogP) is 0.955. The van der Waals surface area contributed by atoms with Gasteiger partial charge in [-0.05, 0) is 12.1 Å². The van der Waals surface area contributed by atoms with Crippen molar-refractivity contribution in [2.24, 2.45) is 0 Å². The average molecular weight is 319 g/mol. The molecule has 6 nitrogen and oxygen atoms in total. The summed E-state index contributed by atoms with van der Waals surface area (Å²) in [6, 6.07) is 3.22. The minimum Gasteiger partial charge on any atom is -0.394 e. The van der Waals surface area contributed by atoms with Gasteiger partial charge in [-0.15, -0.1) is 0 Å². The summed E-state index contributed by atoms with van der Waals surface area (Å²) in [7, 11) is 0. The smallest absolute Gasteiger partial charge is 0.164 e. The normalized spacial score (nSPS) is 30.2. The summed E-state index contributed by atoms with van der Waals surface area (Å²) in [5, 5.41) is 29.6. The quantitative estimate of drug-likeness (QED) is 0.767. The Bertz CT molecular complexity index is 648. The number of rotatable bonds is 2. The Kier molecular flexibility index (Phi) is 3.62. The monoisotopic (exact) mass is 318 g/mol. The van der Waals surface area contributed by atoms with Crippen LogP contribution in [-0.2, 0) is 4.74 Å². The molecule has 0 spiro atoms. The third-order valence-electron chi connectivity index (χ3n) is 3.41. The van der Waals surface area contributed by atoms with Crippen molar-refractivity contribution in [2.75, 3.05) is 6.61 Å². The van der Waals surface area contributed by atoms with E-state index in [-0.39, 0.29) is 6.61 Å². The first kappa shape index (κ1) is 14.1. The second-order valence-electron chi connectivity index (χ2n) is 4.64. The zero-order valence-corrected chi connectivity index (χ0v) is 11.7. The van der Waals surface area contributed by atoms with E-state index in [9.17, 15) is 10.2 Å². The molecule has 1 aliphatic heterocycles. The number of hydrogen-bond donors (Lipinski definition) is 3. The van der Waals surface area contributed by atoms with Crippen molar-refractivity contribution >= 4 is 34.2 Å². The number of ether oxygens (including phenoxy) is 1. The van der Waals surface area contributed by atoms with E-state index in [1.54, 1.807) is 16.7 Å². The lowest BCUT2D eigenvalue weighted by Crippen LogP contribution is -2.33. The number of imidazole rings is 1. The predicted molar refractivity (Wildman–Crippen MR) is 72.8 cm³/mol. The number of halogens is 2. The number of nitrogens with zero attached hydrogens (tertiary/aromatic N) is 2. The lowest BCUT2D eigenvalue weighted by molar-refractivity contribution is -0.0508. The standard InChI is InChI=1S/C12H12Cl2N2O4/c13-5-1-7-8(2-6(5)14)16(4-15-7)12-11(19)10(18)9(3-17)20-12/h1-2,4,9-12,17-19H,3H2/t9-,10+,11+,12+/m1/s1. The van der Waals surface area contributed by atoms with E-state index in [0.717, 1.165) is 0 Å². The maximum absolute atomic E-state index is 10.0. The zero-order valence-electron chi connectivity index (χ0n) is 10.1. The Balaban J connectivity index is 2.05. The van der Waals surface area contributed by atoms with Gasteiger partial charge in [0.25, 0.3) is 0 Å². The molecule has 1 saturated heterocycles. The Morgan fingerprint density at radius 3 is 2.55 bits per heavy atom. The average Bonchev–Trinajstić information content (AvgIpc) is 2.94. The van der Waals surface area contributed by atoms with Gasteiger partial charge in [0.2, 0.25) is 0 Å². The van der Waals surface area contributed by atoms with Crippen LogP contribution in [0, 0.1) is 0 Å². The maximum atomic E-state index is 10.0. The number of fused-ring (bicyclic) bond motifs is 1. The first-order chi connectivity index (χ1) is 9.52. The van der Waals surface area contributed by atoms with Gasteiger partial charge in [0.15, 0.2) is 6.23 Å². The molecule has 1 aliphatic rings. The largest absolute Gasteiger partial charge is 0.394 e. The highest BCUT2D eigenvalue weighted by atomic mass is 35.5. The molecule has 3 N–H and O–H groups in total. The molecule has 3 rings (SSSR count). The van der Waals surface area contributed by atoms with E-state index in [4.69, 9.17) is 33.0 Å². The SMILES string of the molecule is OC[C@H]1O[C@H](n2cnc3cc(Cl)c(Cl)cc32)[C@@H](O)[C@H]1O. The molecule has 2 aromatic rings. The summed E-state index contributed by atoms with van der Waals surface area (Å²) >= 11 is 11.9. The van der Waals surface area contributed by atoms with Crippen LogP contribution < -0.4 is 0 Å². The van der Waals surface area contributed by atoms with Gasteiger partial charge in [-0.1, -0.05) is 23.2 Å². The van der Waals surface area contributed by atoms with Gasteiger partial charge in [0.05, 0.1) is 34.0 Å². The molecule has 0 saturated carbocycles. The molecule has 0 aliphatic carbocycles. The number of aliphatic hydroxyl groups excluding tert-OH is 3. The summed E-state index contributed by atoms with van der Waals surface area (Å²) in [4.78, 5) is 4.16. The van der Waals surface area contributed by atoms with E-state index >= 15 is 0 Å². The number of hydrogen-bond acceptors (Lipinski definition) is 5. The van der Waals surface area contributed by atoms with Gasteiger partial charge in [0.1, 0.15) is 18.3 Å². The van der Waals surface area contributed by atoms with Crippen LogP contribution in [0.3, 0.4) is 0 Å². The van der Waals surface area contributed by atoms with Crippen LogP contribution in [0.2, 0.25) is 10.0 Å². The van der Waals surface area contributed by atoms with Crippen LogP contribution in [0.5, 0.6) is 0 Å².